The fourth-order valence-electron chi connectivity index (χ4n) is 2.78. The number of hydrogen-bond acceptors (Lipinski definition) is 4. The van der Waals surface area contributed by atoms with Crippen molar-refractivity contribution in [3.05, 3.63) is 60.2 Å². The molecule has 0 N–H and O–H groups in total. The number of aromatic nitrogens is 1. The highest BCUT2D eigenvalue weighted by atomic mass is 16.5. The van der Waals surface area contributed by atoms with Gasteiger partial charge in [0.1, 0.15) is 23.0 Å². The molecular weight excluding hydrogens is 314 g/mol. The molecule has 0 bridgehead atoms. The van der Waals surface area contributed by atoms with Crippen molar-refractivity contribution in [3.8, 4) is 28.1 Å². The Kier molecular flexibility index (Phi) is 4.98. The van der Waals surface area contributed by atoms with Gasteiger partial charge in [-0.3, -0.25) is 0 Å². The second-order valence-corrected chi connectivity index (χ2v) is 6.02. The zero-order chi connectivity index (χ0) is 17.8. The maximum atomic E-state index is 11.3. The number of ether oxygens (including phenoxy) is 1. The fourth-order valence-corrected chi connectivity index (χ4v) is 2.78. The lowest BCUT2D eigenvalue weighted by Gasteiger charge is -2.06. The molecule has 0 aliphatic carbocycles. The second kappa shape index (κ2) is 7.34. The van der Waals surface area contributed by atoms with Gasteiger partial charge in [-0.05, 0) is 30.2 Å². The van der Waals surface area contributed by atoms with Gasteiger partial charge in [0.05, 0.1) is 7.11 Å². The molecule has 0 saturated carbocycles. The second-order valence-electron chi connectivity index (χ2n) is 6.02. The van der Waals surface area contributed by atoms with Crippen LogP contribution in [0.5, 0.6) is 5.75 Å². The Morgan fingerprint density at radius 3 is 2.48 bits per heavy atom. The summed E-state index contributed by atoms with van der Waals surface area (Å²) in [6, 6.07) is 16.1. The third-order valence-corrected chi connectivity index (χ3v) is 4.07. The van der Waals surface area contributed by atoms with E-state index in [0.29, 0.717) is 18.7 Å². The van der Waals surface area contributed by atoms with Crippen LogP contribution in [0, 0.1) is 6.92 Å². The van der Waals surface area contributed by atoms with Gasteiger partial charge in [0, 0.05) is 25.3 Å². The Labute approximate surface area is 147 Å². The third kappa shape index (κ3) is 3.97. The van der Waals surface area contributed by atoms with Crippen LogP contribution in [0.4, 0.5) is 0 Å². The molecule has 128 valence electrons. The van der Waals surface area contributed by atoms with E-state index in [2.05, 4.69) is 23.2 Å². The van der Waals surface area contributed by atoms with E-state index in [4.69, 9.17) is 9.15 Å². The maximum Gasteiger partial charge on any atom is 0.191 e. The molecular formula is C21H21NO3. The number of oxazole rings is 1. The number of carbonyl (C=O) groups excluding carboxylic acids is 1. The third-order valence-electron chi connectivity index (χ3n) is 4.07. The van der Waals surface area contributed by atoms with Crippen LogP contribution in [0.1, 0.15) is 25.0 Å². The number of carbonyl (C=O) groups is 1. The van der Waals surface area contributed by atoms with Crippen LogP contribution < -0.4 is 4.74 Å². The molecule has 3 rings (SSSR count). The van der Waals surface area contributed by atoms with E-state index >= 15 is 0 Å². The van der Waals surface area contributed by atoms with Crippen LogP contribution in [0.15, 0.2) is 52.9 Å². The summed E-state index contributed by atoms with van der Waals surface area (Å²) in [7, 11) is 1.66. The average molecular weight is 335 g/mol. The van der Waals surface area contributed by atoms with Gasteiger partial charge in [0.15, 0.2) is 5.89 Å². The van der Waals surface area contributed by atoms with Crippen LogP contribution in [0.2, 0.25) is 0 Å². The van der Waals surface area contributed by atoms with Crippen LogP contribution in [-0.4, -0.2) is 17.9 Å². The number of nitrogens with zero attached hydrogens (tertiary/aromatic N) is 1. The number of rotatable bonds is 6. The van der Waals surface area contributed by atoms with E-state index in [0.717, 1.165) is 33.9 Å². The summed E-state index contributed by atoms with van der Waals surface area (Å²) in [5.41, 5.74) is 4.00. The van der Waals surface area contributed by atoms with Crippen molar-refractivity contribution in [1.29, 1.82) is 0 Å². The van der Waals surface area contributed by atoms with Gasteiger partial charge in [-0.2, -0.15) is 0 Å². The van der Waals surface area contributed by atoms with Gasteiger partial charge < -0.3 is 13.9 Å². The van der Waals surface area contributed by atoms with Crippen molar-refractivity contribution >= 4 is 5.78 Å². The van der Waals surface area contributed by atoms with Crippen LogP contribution >= 0.6 is 0 Å². The topological polar surface area (TPSA) is 52.3 Å². The molecule has 2 aromatic carbocycles. The van der Waals surface area contributed by atoms with E-state index in [1.165, 1.54) is 0 Å². The number of ketones is 1. The predicted octanol–water partition coefficient (Wildman–Crippen LogP) is 4.85. The molecule has 3 aromatic rings. The van der Waals surface area contributed by atoms with Crippen LogP contribution in [-0.2, 0) is 11.2 Å². The molecule has 0 fully saturated rings. The highest BCUT2D eigenvalue weighted by Crippen LogP contribution is 2.29. The van der Waals surface area contributed by atoms with E-state index in [1.54, 1.807) is 14.0 Å². The molecule has 1 heterocycles. The molecule has 25 heavy (non-hydrogen) atoms. The van der Waals surface area contributed by atoms with Crippen molar-refractivity contribution in [2.75, 3.05) is 7.11 Å². The largest absolute Gasteiger partial charge is 0.497 e. The van der Waals surface area contributed by atoms with Crippen LogP contribution in [0.25, 0.3) is 22.4 Å². The van der Waals surface area contributed by atoms with Gasteiger partial charge in [-0.25, -0.2) is 4.98 Å². The normalized spacial score (nSPS) is 10.7. The highest BCUT2D eigenvalue weighted by molar-refractivity contribution is 5.76. The Balaban J connectivity index is 1.88. The molecule has 0 unspecified atom stereocenters. The summed E-state index contributed by atoms with van der Waals surface area (Å²) in [5, 5.41) is 0. The predicted molar refractivity (Wildman–Crippen MR) is 97.7 cm³/mol. The molecule has 1 aromatic heterocycles. The fraction of sp³-hybridized carbons (Fsp3) is 0.238. The van der Waals surface area contributed by atoms with Crippen molar-refractivity contribution in [3.63, 3.8) is 0 Å². The van der Waals surface area contributed by atoms with E-state index in [1.807, 2.05) is 37.3 Å². The van der Waals surface area contributed by atoms with Gasteiger partial charge in [-0.15, -0.1) is 0 Å². The van der Waals surface area contributed by atoms with Gasteiger partial charge >= 0.3 is 0 Å². The molecule has 0 atom stereocenters. The SMILES string of the molecule is COc1cccc(-c2ccc(-c3nc(C)oc3CCC(C)=O)cc2)c1. The van der Waals surface area contributed by atoms with Crippen molar-refractivity contribution in [1.82, 2.24) is 4.98 Å². The number of benzene rings is 2. The van der Waals surface area contributed by atoms with E-state index in [9.17, 15) is 4.79 Å². The molecule has 0 amide bonds. The van der Waals surface area contributed by atoms with Gasteiger partial charge in [0.25, 0.3) is 0 Å². The van der Waals surface area contributed by atoms with Crippen molar-refractivity contribution in [2.45, 2.75) is 26.7 Å². The quantitative estimate of drug-likeness (QED) is 0.646. The molecule has 4 heteroatoms. The monoisotopic (exact) mass is 335 g/mol. The Hall–Kier alpha value is -2.88. The molecule has 0 aliphatic rings. The summed E-state index contributed by atoms with van der Waals surface area (Å²) in [5.74, 6) is 2.36. The minimum absolute atomic E-state index is 0.147. The number of hydrogen-bond donors (Lipinski definition) is 0. The smallest absolute Gasteiger partial charge is 0.191 e. The zero-order valence-electron chi connectivity index (χ0n) is 14.7. The molecule has 0 saturated heterocycles. The maximum absolute atomic E-state index is 11.3. The molecule has 0 radical (unpaired) electrons. The summed E-state index contributed by atoms with van der Waals surface area (Å²) in [6.07, 6.45) is 1.03. The zero-order valence-corrected chi connectivity index (χ0v) is 14.7. The first-order valence-corrected chi connectivity index (χ1v) is 8.27. The van der Waals surface area contributed by atoms with E-state index < -0.39 is 0 Å². The molecule has 0 spiro atoms. The first kappa shape index (κ1) is 17.0. The minimum atomic E-state index is 0.147. The molecule has 0 aliphatic heterocycles. The summed E-state index contributed by atoms with van der Waals surface area (Å²) >= 11 is 0. The molecule has 4 nitrogen and oxygen atoms in total. The lowest BCUT2D eigenvalue weighted by molar-refractivity contribution is -0.117. The summed E-state index contributed by atoms with van der Waals surface area (Å²) in [4.78, 5) is 15.7. The Bertz CT molecular complexity index is 878. The van der Waals surface area contributed by atoms with Crippen molar-refractivity contribution in [2.24, 2.45) is 0 Å². The summed E-state index contributed by atoms with van der Waals surface area (Å²) < 4.78 is 11.0. The Morgan fingerprint density at radius 1 is 1.08 bits per heavy atom. The number of aryl methyl sites for hydroxylation is 2. The number of Topliss-reactive ketones (excluding diaryl/α,β-unsaturated/α-hetero) is 1. The number of methoxy groups -OCH3 is 1. The standard InChI is InChI=1S/C21H21NO3/c1-14(23)7-12-20-21(22-15(2)25-20)17-10-8-16(9-11-17)18-5-4-6-19(13-18)24-3/h4-6,8-11,13H,7,12H2,1-3H3. The van der Waals surface area contributed by atoms with Gasteiger partial charge in [0.2, 0.25) is 0 Å². The van der Waals surface area contributed by atoms with Gasteiger partial charge in [-0.1, -0.05) is 36.4 Å². The van der Waals surface area contributed by atoms with Crippen molar-refractivity contribution < 1.29 is 13.9 Å². The highest BCUT2D eigenvalue weighted by Gasteiger charge is 2.14. The Morgan fingerprint density at radius 2 is 1.80 bits per heavy atom. The summed E-state index contributed by atoms with van der Waals surface area (Å²) in [6.45, 7) is 3.41. The minimum Gasteiger partial charge on any atom is -0.497 e. The lowest BCUT2D eigenvalue weighted by atomic mass is 10.0. The van der Waals surface area contributed by atoms with Crippen LogP contribution in [0.3, 0.4) is 0 Å². The average Bonchev–Trinajstić information content (AvgIpc) is 3.01. The first-order valence-electron chi connectivity index (χ1n) is 8.27. The lowest BCUT2D eigenvalue weighted by Crippen LogP contribution is -1.94. The van der Waals surface area contributed by atoms with E-state index in [-0.39, 0.29) is 5.78 Å². The first-order chi connectivity index (χ1) is 12.1.